The predicted molar refractivity (Wildman–Crippen MR) is 155 cm³/mol. The summed E-state index contributed by atoms with van der Waals surface area (Å²) < 4.78 is 47.0. The number of rotatable bonds is 11. The number of ether oxygens (including phenoxy) is 1. The molecule has 41 heavy (non-hydrogen) atoms. The van der Waals surface area contributed by atoms with Gasteiger partial charge in [0.25, 0.3) is 5.91 Å². The van der Waals surface area contributed by atoms with Gasteiger partial charge in [-0.2, -0.15) is 0 Å². The minimum Gasteiger partial charge on any atom is -0.451 e. The van der Waals surface area contributed by atoms with E-state index >= 15 is 0 Å². The van der Waals surface area contributed by atoms with E-state index < -0.39 is 15.8 Å². The molecule has 1 aromatic heterocycles. The minimum absolute atomic E-state index is 0.0687. The van der Waals surface area contributed by atoms with Gasteiger partial charge in [-0.25, -0.2) is 22.8 Å². The highest BCUT2D eigenvalue weighted by molar-refractivity contribution is 7.89. The number of nitrogens with zero attached hydrogens (tertiary/aromatic N) is 5. The lowest BCUT2D eigenvalue weighted by atomic mass is 10.1. The van der Waals surface area contributed by atoms with E-state index in [0.29, 0.717) is 17.5 Å². The third-order valence-electron chi connectivity index (χ3n) is 8.01. The van der Waals surface area contributed by atoms with Crippen molar-refractivity contribution >= 4 is 21.7 Å². The second-order valence-electron chi connectivity index (χ2n) is 11.6. The molecule has 2 saturated heterocycles. The average molecular weight is 587 g/mol. The largest absolute Gasteiger partial charge is 0.451 e. The molecule has 222 valence electrons. The lowest BCUT2D eigenvalue weighted by Crippen LogP contribution is -2.42. The molecule has 0 spiro atoms. The molecule has 0 bridgehead atoms. The van der Waals surface area contributed by atoms with Crippen LogP contribution < -0.4 is 14.4 Å². The zero-order valence-corrected chi connectivity index (χ0v) is 25.1. The zero-order valence-electron chi connectivity index (χ0n) is 24.3. The number of aromatic nitrogens is 2. The topological polar surface area (TPSA) is 108 Å². The Morgan fingerprint density at radius 3 is 2.61 bits per heavy atom. The molecule has 2 aliphatic heterocycles. The Kier molecular flexibility index (Phi) is 8.24. The molecule has 2 aromatic rings. The molecule has 1 N–H and O–H groups in total. The number of hydrogen-bond acceptors (Lipinski definition) is 8. The van der Waals surface area contributed by atoms with Gasteiger partial charge in [0.2, 0.25) is 10.0 Å². The average Bonchev–Trinajstić information content (AvgIpc) is 3.26. The van der Waals surface area contributed by atoms with Crippen molar-refractivity contribution in [3.8, 4) is 11.5 Å². The van der Waals surface area contributed by atoms with Crippen LogP contribution in [0.2, 0.25) is 0 Å². The summed E-state index contributed by atoms with van der Waals surface area (Å²) in [6.07, 6.45) is 4.04. The molecular formula is C29H39FN6O4S. The predicted octanol–water partition coefficient (Wildman–Crippen LogP) is 3.63. The van der Waals surface area contributed by atoms with E-state index in [0.717, 1.165) is 44.8 Å². The van der Waals surface area contributed by atoms with E-state index in [1.807, 2.05) is 27.7 Å². The zero-order chi connectivity index (χ0) is 29.5. The van der Waals surface area contributed by atoms with Gasteiger partial charge in [0, 0.05) is 56.4 Å². The van der Waals surface area contributed by atoms with Crippen LogP contribution in [0.4, 0.5) is 10.2 Å². The summed E-state index contributed by atoms with van der Waals surface area (Å²) >= 11 is 0. The van der Waals surface area contributed by atoms with E-state index in [1.54, 1.807) is 18.0 Å². The summed E-state index contributed by atoms with van der Waals surface area (Å²) in [4.78, 5) is 28.4. The maximum Gasteiger partial charge on any atom is 0.258 e. The Bertz CT molecular complexity index is 1440. The monoisotopic (exact) mass is 586 g/mol. The second-order valence-corrected chi connectivity index (χ2v) is 13.7. The summed E-state index contributed by atoms with van der Waals surface area (Å²) in [6, 6.07) is 3.85. The summed E-state index contributed by atoms with van der Waals surface area (Å²) in [6.45, 7) is 13.5. The van der Waals surface area contributed by atoms with Gasteiger partial charge < -0.3 is 14.5 Å². The lowest BCUT2D eigenvalue weighted by Gasteiger charge is -2.31. The van der Waals surface area contributed by atoms with Crippen LogP contribution in [0.3, 0.4) is 0 Å². The number of carbonyl (C=O) groups is 1. The SMILES string of the molecule is CCS(=O)(=O)NC1=C2CN(C[C@@H]3CCN(c4ncncc4Oc4ccc(F)cc4C(=O)N(C(C)C)C(C)C)C3)CC21. The fourth-order valence-corrected chi connectivity index (χ4v) is 6.79. The van der Waals surface area contributed by atoms with Crippen molar-refractivity contribution in [1.82, 2.24) is 24.5 Å². The molecule has 1 aromatic carbocycles. The van der Waals surface area contributed by atoms with E-state index in [9.17, 15) is 17.6 Å². The van der Waals surface area contributed by atoms with E-state index in [4.69, 9.17) is 4.74 Å². The van der Waals surface area contributed by atoms with Crippen molar-refractivity contribution < 1.29 is 22.3 Å². The molecule has 1 unspecified atom stereocenters. The van der Waals surface area contributed by atoms with E-state index in [1.165, 1.54) is 30.1 Å². The van der Waals surface area contributed by atoms with Crippen molar-refractivity contribution in [2.45, 2.75) is 53.1 Å². The third kappa shape index (κ3) is 6.33. The number of halogens is 1. The maximum atomic E-state index is 14.3. The number of amides is 1. The maximum absolute atomic E-state index is 14.3. The number of nitrogens with one attached hydrogen (secondary N) is 1. The standard InChI is InChI=1S/C29H39FN6O4S/c1-6-41(38,39)33-27-23-15-34(16-24(23)27)13-20-9-10-35(14-20)28-26(12-31-17-32-28)40-25-8-7-21(30)11-22(25)29(37)36(18(2)3)19(4)5/h7-8,11-12,17-20,23,33H,6,9-10,13-16H2,1-5H3/t20-,23?/m0/s1. The van der Waals surface area contributed by atoms with E-state index in [-0.39, 0.29) is 41.0 Å². The van der Waals surface area contributed by atoms with Gasteiger partial charge in [-0.05, 0) is 70.7 Å². The Hall–Kier alpha value is -3.25. The first-order valence-electron chi connectivity index (χ1n) is 14.3. The molecule has 10 nitrogen and oxygen atoms in total. The number of anilines is 1. The summed E-state index contributed by atoms with van der Waals surface area (Å²) in [5, 5.41) is 0. The minimum atomic E-state index is -3.22. The third-order valence-corrected chi connectivity index (χ3v) is 9.30. The Morgan fingerprint density at radius 2 is 1.95 bits per heavy atom. The molecule has 12 heteroatoms. The van der Waals surface area contributed by atoms with Crippen LogP contribution in [0, 0.1) is 17.7 Å². The molecular weight excluding hydrogens is 547 g/mol. The van der Waals surface area contributed by atoms with Crippen molar-refractivity contribution in [2.24, 2.45) is 11.8 Å². The van der Waals surface area contributed by atoms with Crippen molar-refractivity contribution in [3.63, 3.8) is 0 Å². The number of carbonyl (C=O) groups excluding carboxylic acids is 1. The molecule has 1 amide bonds. The van der Waals surface area contributed by atoms with Crippen LogP contribution in [-0.4, -0.2) is 84.7 Å². The van der Waals surface area contributed by atoms with Gasteiger partial charge in [0.05, 0.1) is 17.5 Å². The van der Waals surface area contributed by atoms with Gasteiger partial charge in [0.1, 0.15) is 17.9 Å². The molecule has 2 atom stereocenters. The Morgan fingerprint density at radius 1 is 1.20 bits per heavy atom. The molecule has 5 rings (SSSR count). The first-order valence-corrected chi connectivity index (χ1v) is 15.9. The summed E-state index contributed by atoms with van der Waals surface area (Å²) in [7, 11) is -3.22. The Balaban J connectivity index is 1.26. The van der Waals surface area contributed by atoms with Gasteiger partial charge in [-0.1, -0.05) is 0 Å². The van der Waals surface area contributed by atoms with Crippen LogP contribution in [0.1, 0.15) is 51.4 Å². The van der Waals surface area contributed by atoms with E-state index in [2.05, 4.69) is 24.5 Å². The summed E-state index contributed by atoms with van der Waals surface area (Å²) in [5.74, 6) is 1.24. The van der Waals surface area contributed by atoms with Crippen molar-refractivity contribution in [1.29, 1.82) is 0 Å². The highest BCUT2D eigenvalue weighted by atomic mass is 32.2. The first-order chi connectivity index (χ1) is 19.5. The number of likely N-dealkylation sites (tertiary alicyclic amines) is 1. The highest BCUT2D eigenvalue weighted by Gasteiger charge is 2.46. The molecule has 3 aliphatic rings. The number of benzene rings is 1. The van der Waals surface area contributed by atoms with Gasteiger partial charge in [-0.15, -0.1) is 0 Å². The smallest absolute Gasteiger partial charge is 0.258 e. The molecule has 1 aliphatic carbocycles. The normalized spacial score (nSPS) is 20.6. The molecule has 2 fully saturated rings. The van der Waals surface area contributed by atoms with Crippen LogP contribution >= 0.6 is 0 Å². The van der Waals surface area contributed by atoms with Gasteiger partial charge >= 0.3 is 0 Å². The molecule has 3 heterocycles. The van der Waals surface area contributed by atoms with Crippen LogP contribution in [-0.2, 0) is 10.0 Å². The van der Waals surface area contributed by atoms with Crippen LogP contribution in [0.5, 0.6) is 11.5 Å². The van der Waals surface area contributed by atoms with Crippen molar-refractivity contribution in [3.05, 3.63) is 53.4 Å². The number of hydrogen-bond donors (Lipinski definition) is 1. The first kappa shape index (κ1) is 29.2. The second kappa shape index (κ2) is 11.6. The fraction of sp³-hybridized carbons (Fsp3) is 0.552. The van der Waals surface area contributed by atoms with Crippen LogP contribution in [0.15, 0.2) is 42.0 Å². The van der Waals surface area contributed by atoms with Gasteiger partial charge in [-0.3, -0.25) is 14.4 Å². The highest BCUT2D eigenvalue weighted by Crippen LogP contribution is 2.44. The fourth-order valence-electron chi connectivity index (χ4n) is 6.04. The molecule has 0 saturated carbocycles. The van der Waals surface area contributed by atoms with Gasteiger partial charge in [0.15, 0.2) is 11.6 Å². The number of fused-ring (bicyclic) bond motifs is 1. The summed E-state index contributed by atoms with van der Waals surface area (Å²) in [5.41, 5.74) is 2.26. The van der Waals surface area contributed by atoms with Crippen molar-refractivity contribution in [2.75, 3.05) is 43.4 Å². The quantitative estimate of drug-likeness (QED) is 0.426. The number of sulfonamides is 1. The lowest BCUT2D eigenvalue weighted by molar-refractivity contribution is 0.0640. The Labute approximate surface area is 241 Å². The molecule has 0 radical (unpaired) electrons. The van der Waals surface area contributed by atoms with Crippen LogP contribution in [0.25, 0.3) is 0 Å².